The minimum atomic E-state index is -0.432. The number of hydrogen-bond acceptors (Lipinski definition) is 3. The van der Waals surface area contributed by atoms with Gasteiger partial charge < -0.3 is 15.4 Å². The van der Waals surface area contributed by atoms with Crippen LogP contribution in [0.1, 0.15) is 12.8 Å². The molecule has 7 heteroatoms. The number of amides is 2. The zero-order valence-corrected chi connectivity index (χ0v) is 12.6. The summed E-state index contributed by atoms with van der Waals surface area (Å²) in [5.74, 6) is -0.776. The van der Waals surface area contributed by atoms with Crippen LogP contribution in [-0.2, 0) is 14.3 Å². The fourth-order valence-corrected chi connectivity index (χ4v) is 1.89. The number of methoxy groups -OCH3 is 1. The fourth-order valence-electron chi connectivity index (χ4n) is 1.44. The van der Waals surface area contributed by atoms with Crippen molar-refractivity contribution in [3.05, 3.63) is 28.2 Å². The lowest BCUT2D eigenvalue weighted by Crippen LogP contribution is -2.29. The Morgan fingerprint density at radius 3 is 2.65 bits per heavy atom. The molecule has 1 aromatic carbocycles. The molecule has 0 aliphatic heterocycles. The number of carbonyl (C=O) groups excluding carboxylic acids is 2. The van der Waals surface area contributed by atoms with E-state index in [4.69, 9.17) is 27.9 Å². The number of rotatable bonds is 7. The molecule has 0 spiro atoms. The van der Waals surface area contributed by atoms with E-state index in [0.29, 0.717) is 35.3 Å². The van der Waals surface area contributed by atoms with E-state index < -0.39 is 5.91 Å². The van der Waals surface area contributed by atoms with Gasteiger partial charge in [-0.15, -0.1) is 0 Å². The normalized spacial score (nSPS) is 10.2. The highest BCUT2D eigenvalue weighted by atomic mass is 35.5. The summed E-state index contributed by atoms with van der Waals surface area (Å²) < 4.78 is 4.85. The lowest BCUT2D eigenvalue weighted by atomic mass is 10.3. The third-order valence-corrected chi connectivity index (χ3v) is 2.92. The maximum atomic E-state index is 11.7. The van der Waals surface area contributed by atoms with Gasteiger partial charge in [0.15, 0.2) is 0 Å². The summed E-state index contributed by atoms with van der Waals surface area (Å²) in [6, 6.07) is 4.70. The molecular weight excluding hydrogens is 303 g/mol. The molecule has 0 unspecified atom stereocenters. The van der Waals surface area contributed by atoms with E-state index in [0.717, 1.165) is 0 Å². The summed E-state index contributed by atoms with van der Waals surface area (Å²) in [5.41, 5.74) is 0.424. The molecule has 0 fully saturated rings. The summed E-state index contributed by atoms with van der Waals surface area (Å²) in [4.78, 5) is 23.1. The van der Waals surface area contributed by atoms with Crippen LogP contribution in [0.25, 0.3) is 0 Å². The van der Waals surface area contributed by atoms with Crippen molar-refractivity contribution in [2.24, 2.45) is 0 Å². The van der Waals surface area contributed by atoms with Gasteiger partial charge in [0, 0.05) is 25.3 Å². The Bertz CT molecular complexity index is 481. The molecular formula is C13H16Cl2N2O3. The first-order valence-electron chi connectivity index (χ1n) is 6.03. The van der Waals surface area contributed by atoms with Crippen molar-refractivity contribution < 1.29 is 14.3 Å². The highest BCUT2D eigenvalue weighted by molar-refractivity contribution is 6.36. The minimum absolute atomic E-state index is 0.258. The monoisotopic (exact) mass is 318 g/mol. The van der Waals surface area contributed by atoms with Gasteiger partial charge >= 0.3 is 0 Å². The zero-order valence-electron chi connectivity index (χ0n) is 11.0. The number of carbonyl (C=O) groups is 2. The Morgan fingerprint density at radius 2 is 2.00 bits per heavy atom. The molecule has 0 atom stereocenters. The van der Waals surface area contributed by atoms with Gasteiger partial charge in [-0.05, 0) is 24.6 Å². The second-order valence-electron chi connectivity index (χ2n) is 4.05. The Balaban J connectivity index is 2.37. The molecule has 20 heavy (non-hydrogen) atoms. The second-order valence-corrected chi connectivity index (χ2v) is 4.89. The largest absolute Gasteiger partial charge is 0.385 e. The SMILES string of the molecule is COCCCNC(=O)CC(=O)Nc1ccc(Cl)cc1Cl. The van der Waals surface area contributed by atoms with Gasteiger partial charge in [-0.25, -0.2) is 0 Å². The summed E-state index contributed by atoms with van der Waals surface area (Å²) in [6.07, 6.45) is 0.443. The third-order valence-electron chi connectivity index (χ3n) is 2.37. The van der Waals surface area contributed by atoms with E-state index in [1.807, 2.05) is 0 Å². The standard InChI is InChI=1S/C13H16Cl2N2O3/c1-20-6-2-5-16-12(18)8-13(19)17-11-4-3-9(14)7-10(11)15/h3-4,7H,2,5-6,8H2,1H3,(H,16,18)(H,17,19). The molecule has 0 aliphatic rings. The lowest BCUT2D eigenvalue weighted by Gasteiger charge is -2.08. The lowest BCUT2D eigenvalue weighted by molar-refractivity contribution is -0.126. The summed E-state index contributed by atoms with van der Waals surface area (Å²) in [6.45, 7) is 1.04. The molecule has 2 N–H and O–H groups in total. The van der Waals surface area contributed by atoms with Crippen LogP contribution in [0.2, 0.25) is 10.0 Å². The first-order valence-corrected chi connectivity index (χ1v) is 6.79. The number of nitrogens with one attached hydrogen (secondary N) is 2. The average Bonchev–Trinajstić information content (AvgIpc) is 2.38. The molecule has 0 aliphatic carbocycles. The highest BCUT2D eigenvalue weighted by Crippen LogP contribution is 2.25. The average molecular weight is 319 g/mol. The van der Waals surface area contributed by atoms with Gasteiger partial charge in [-0.2, -0.15) is 0 Å². The van der Waals surface area contributed by atoms with E-state index in [2.05, 4.69) is 10.6 Å². The molecule has 110 valence electrons. The van der Waals surface area contributed by atoms with Gasteiger partial charge in [-0.1, -0.05) is 23.2 Å². The van der Waals surface area contributed by atoms with Crippen LogP contribution in [-0.4, -0.2) is 32.1 Å². The van der Waals surface area contributed by atoms with E-state index in [1.54, 1.807) is 19.2 Å². The van der Waals surface area contributed by atoms with Gasteiger partial charge in [-0.3, -0.25) is 9.59 Å². The number of anilines is 1. The van der Waals surface area contributed by atoms with Crippen molar-refractivity contribution in [2.45, 2.75) is 12.8 Å². The number of benzene rings is 1. The molecule has 0 aromatic heterocycles. The second kappa shape index (κ2) is 8.79. The topological polar surface area (TPSA) is 67.4 Å². The molecule has 0 heterocycles. The Labute approximate surface area is 127 Å². The Hall–Kier alpha value is -1.30. The third kappa shape index (κ3) is 6.23. The van der Waals surface area contributed by atoms with Crippen molar-refractivity contribution >= 4 is 40.7 Å². The number of hydrogen-bond donors (Lipinski definition) is 2. The zero-order chi connectivity index (χ0) is 15.0. The van der Waals surface area contributed by atoms with E-state index >= 15 is 0 Å². The van der Waals surface area contributed by atoms with Gasteiger partial charge in [0.05, 0.1) is 10.7 Å². The Kier molecular flexibility index (Phi) is 7.36. The van der Waals surface area contributed by atoms with Crippen LogP contribution in [0.5, 0.6) is 0 Å². The van der Waals surface area contributed by atoms with Crippen LogP contribution in [0.4, 0.5) is 5.69 Å². The Morgan fingerprint density at radius 1 is 1.25 bits per heavy atom. The van der Waals surface area contributed by atoms with Crippen molar-refractivity contribution in [3.8, 4) is 0 Å². The summed E-state index contributed by atoms with van der Waals surface area (Å²) in [7, 11) is 1.59. The first-order chi connectivity index (χ1) is 9.52. The molecule has 2 amide bonds. The summed E-state index contributed by atoms with van der Waals surface area (Å²) in [5, 5.41) is 5.98. The molecule has 0 bridgehead atoms. The molecule has 0 saturated heterocycles. The van der Waals surface area contributed by atoms with Crippen molar-refractivity contribution in [3.63, 3.8) is 0 Å². The predicted molar refractivity (Wildman–Crippen MR) is 79.2 cm³/mol. The quantitative estimate of drug-likeness (QED) is 0.599. The van der Waals surface area contributed by atoms with Crippen molar-refractivity contribution in [1.82, 2.24) is 5.32 Å². The van der Waals surface area contributed by atoms with E-state index in [1.165, 1.54) is 6.07 Å². The van der Waals surface area contributed by atoms with Gasteiger partial charge in [0.1, 0.15) is 6.42 Å². The fraction of sp³-hybridized carbons (Fsp3) is 0.385. The van der Waals surface area contributed by atoms with Crippen LogP contribution >= 0.6 is 23.2 Å². The maximum absolute atomic E-state index is 11.7. The maximum Gasteiger partial charge on any atom is 0.233 e. The molecule has 1 aromatic rings. The van der Waals surface area contributed by atoms with Crippen LogP contribution in [0.15, 0.2) is 18.2 Å². The molecule has 1 rings (SSSR count). The van der Waals surface area contributed by atoms with E-state index in [9.17, 15) is 9.59 Å². The summed E-state index contributed by atoms with van der Waals surface area (Å²) >= 11 is 11.7. The van der Waals surface area contributed by atoms with Crippen molar-refractivity contribution in [1.29, 1.82) is 0 Å². The van der Waals surface area contributed by atoms with E-state index in [-0.39, 0.29) is 12.3 Å². The number of ether oxygens (including phenoxy) is 1. The molecule has 5 nitrogen and oxygen atoms in total. The molecule has 0 saturated carbocycles. The molecule has 0 radical (unpaired) electrons. The van der Waals surface area contributed by atoms with Gasteiger partial charge in [0.2, 0.25) is 11.8 Å². The predicted octanol–water partition coefficient (Wildman–Crippen LogP) is 2.47. The van der Waals surface area contributed by atoms with Crippen molar-refractivity contribution in [2.75, 3.05) is 25.6 Å². The van der Waals surface area contributed by atoms with Crippen LogP contribution < -0.4 is 10.6 Å². The van der Waals surface area contributed by atoms with Crippen LogP contribution in [0, 0.1) is 0 Å². The highest BCUT2D eigenvalue weighted by Gasteiger charge is 2.11. The van der Waals surface area contributed by atoms with Crippen LogP contribution in [0.3, 0.4) is 0 Å². The minimum Gasteiger partial charge on any atom is -0.385 e. The van der Waals surface area contributed by atoms with Gasteiger partial charge in [0.25, 0.3) is 0 Å². The smallest absolute Gasteiger partial charge is 0.233 e. The first kappa shape index (κ1) is 16.8. The number of halogens is 2.